The third-order valence-electron chi connectivity index (χ3n) is 5.15. The van der Waals surface area contributed by atoms with Crippen LogP contribution in [-0.4, -0.2) is 36.1 Å². The van der Waals surface area contributed by atoms with Crippen LogP contribution in [0.3, 0.4) is 0 Å². The highest BCUT2D eigenvalue weighted by Crippen LogP contribution is 2.30. The first-order valence-electron chi connectivity index (χ1n) is 8.16. The first-order valence-corrected chi connectivity index (χ1v) is 8.16. The van der Waals surface area contributed by atoms with Crippen LogP contribution >= 0.6 is 0 Å². The molecule has 0 amide bonds. The lowest BCUT2D eigenvalue weighted by Crippen LogP contribution is -2.63. The van der Waals surface area contributed by atoms with Gasteiger partial charge in [-0.3, -0.25) is 4.90 Å². The number of nitrogens with zero attached hydrogens (tertiary/aromatic N) is 1. The van der Waals surface area contributed by atoms with Crippen LogP contribution in [0.2, 0.25) is 0 Å². The van der Waals surface area contributed by atoms with Gasteiger partial charge in [-0.15, -0.1) is 0 Å². The summed E-state index contributed by atoms with van der Waals surface area (Å²) in [6.07, 6.45) is 5.50. The molecule has 0 bridgehead atoms. The Hall–Kier alpha value is -0.860. The molecule has 1 N–H and O–H groups in total. The molecule has 110 valence electrons. The molecule has 1 aliphatic heterocycles. The Labute approximate surface area is 123 Å². The number of nitrogens with one attached hydrogen (secondary N) is 1. The number of benzene rings is 1. The third kappa shape index (κ3) is 3.24. The molecule has 0 radical (unpaired) electrons. The Kier molecular flexibility index (Phi) is 4.13. The molecule has 1 atom stereocenters. The molecule has 0 spiro atoms. The maximum Gasteiger partial charge on any atom is 0.0278 e. The summed E-state index contributed by atoms with van der Waals surface area (Å²) in [6, 6.07) is 11.5. The van der Waals surface area contributed by atoms with Crippen molar-refractivity contribution < 1.29 is 0 Å². The van der Waals surface area contributed by atoms with E-state index in [1.165, 1.54) is 37.9 Å². The van der Waals surface area contributed by atoms with Crippen molar-refractivity contribution in [2.24, 2.45) is 5.92 Å². The molecule has 3 rings (SSSR count). The van der Waals surface area contributed by atoms with E-state index in [4.69, 9.17) is 0 Å². The second kappa shape index (κ2) is 5.87. The van der Waals surface area contributed by atoms with Crippen molar-refractivity contribution in [3.8, 4) is 0 Å². The number of rotatable bonds is 4. The summed E-state index contributed by atoms with van der Waals surface area (Å²) in [4.78, 5) is 2.74. The monoisotopic (exact) mass is 272 g/mol. The molecular formula is C18H28N2. The Balaban J connectivity index is 1.60. The van der Waals surface area contributed by atoms with E-state index in [2.05, 4.69) is 54.4 Å². The average molecular weight is 272 g/mol. The minimum Gasteiger partial charge on any atom is -0.311 e. The maximum atomic E-state index is 3.76. The fourth-order valence-corrected chi connectivity index (χ4v) is 3.43. The molecule has 0 aromatic heterocycles. The molecule has 1 aromatic carbocycles. The molecule has 1 saturated heterocycles. The Morgan fingerprint density at radius 3 is 2.60 bits per heavy atom. The van der Waals surface area contributed by atoms with Gasteiger partial charge in [-0.25, -0.2) is 0 Å². The average Bonchev–Trinajstić information content (AvgIpc) is 2.38. The molecule has 2 fully saturated rings. The largest absolute Gasteiger partial charge is 0.311 e. The second-order valence-corrected chi connectivity index (χ2v) is 7.28. The van der Waals surface area contributed by atoms with Crippen molar-refractivity contribution in [2.45, 2.75) is 51.1 Å². The van der Waals surface area contributed by atoms with Crippen molar-refractivity contribution >= 4 is 0 Å². The van der Waals surface area contributed by atoms with E-state index in [1.807, 2.05) is 0 Å². The molecule has 2 aliphatic rings. The van der Waals surface area contributed by atoms with Crippen molar-refractivity contribution in [3.05, 3.63) is 35.9 Å². The fraction of sp³-hybridized carbons (Fsp3) is 0.667. The van der Waals surface area contributed by atoms with Gasteiger partial charge in [0.1, 0.15) is 0 Å². The van der Waals surface area contributed by atoms with E-state index in [1.54, 1.807) is 0 Å². The molecule has 20 heavy (non-hydrogen) atoms. The van der Waals surface area contributed by atoms with Crippen LogP contribution < -0.4 is 5.32 Å². The molecule has 1 heterocycles. The molecule has 1 aliphatic carbocycles. The van der Waals surface area contributed by atoms with Gasteiger partial charge in [0.15, 0.2) is 0 Å². The van der Waals surface area contributed by atoms with Gasteiger partial charge in [-0.1, -0.05) is 36.8 Å². The zero-order chi connectivity index (χ0) is 14.0. The van der Waals surface area contributed by atoms with E-state index in [0.717, 1.165) is 18.9 Å². The predicted octanol–water partition coefficient (Wildman–Crippen LogP) is 3.08. The summed E-state index contributed by atoms with van der Waals surface area (Å²) < 4.78 is 0. The van der Waals surface area contributed by atoms with Crippen LogP contribution in [0.1, 0.15) is 38.7 Å². The fourth-order valence-electron chi connectivity index (χ4n) is 3.43. The van der Waals surface area contributed by atoms with Crippen LogP contribution in [0.15, 0.2) is 30.3 Å². The van der Waals surface area contributed by atoms with Crippen LogP contribution in [-0.2, 0) is 6.42 Å². The third-order valence-corrected chi connectivity index (χ3v) is 5.15. The van der Waals surface area contributed by atoms with Crippen LogP contribution in [0.25, 0.3) is 0 Å². The molecule has 2 heteroatoms. The van der Waals surface area contributed by atoms with Crippen LogP contribution in [0, 0.1) is 5.92 Å². The Bertz CT molecular complexity index is 422. The summed E-state index contributed by atoms with van der Waals surface area (Å²) in [5.74, 6) is 0.963. The summed E-state index contributed by atoms with van der Waals surface area (Å²) in [6.45, 7) is 8.38. The van der Waals surface area contributed by atoms with Crippen LogP contribution in [0.5, 0.6) is 0 Å². The predicted molar refractivity (Wildman–Crippen MR) is 84.9 cm³/mol. The van der Waals surface area contributed by atoms with E-state index in [9.17, 15) is 0 Å². The van der Waals surface area contributed by atoms with Crippen molar-refractivity contribution in [2.75, 3.05) is 19.6 Å². The lowest BCUT2D eigenvalue weighted by molar-refractivity contribution is 0.0370. The molecule has 1 saturated carbocycles. The molecular weight excluding hydrogens is 244 g/mol. The van der Waals surface area contributed by atoms with Gasteiger partial charge in [-0.2, -0.15) is 0 Å². The van der Waals surface area contributed by atoms with E-state index in [0.29, 0.717) is 11.6 Å². The van der Waals surface area contributed by atoms with Gasteiger partial charge < -0.3 is 5.32 Å². The molecule has 1 aromatic rings. The summed E-state index contributed by atoms with van der Waals surface area (Å²) in [5.41, 5.74) is 1.76. The van der Waals surface area contributed by atoms with E-state index >= 15 is 0 Å². The smallest absolute Gasteiger partial charge is 0.0278 e. The molecule has 1 unspecified atom stereocenters. The van der Waals surface area contributed by atoms with Gasteiger partial charge in [0.2, 0.25) is 0 Å². The summed E-state index contributed by atoms with van der Waals surface area (Å²) in [7, 11) is 0. The van der Waals surface area contributed by atoms with Crippen molar-refractivity contribution in [1.29, 1.82) is 0 Å². The van der Waals surface area contributed by atoms with Crippen molar-refractivity contribution in [3.63, 3.8) is 0 Å². The quantitative estimate of drug-likeness (QED) is 0.906. The first-order chi connectivity index (χ1) is 9.63. The highest BCUT2D eigenvalue weighted by molar-refractivity contribution is 5.16. The lowest BCUT2D eigenvalue weighted by Gasteiger charge is -2.48. The lowest BCUT2D eigenvalue weighted by atomic mass is 9.83. The van der Waals surface area contributed by atoms with Crippen molar-refractivity contribution in [1.82, 2.24) is 10.2 Å². The zero-order valence-corrected chi connectivity index (χ0v) is 12.9. The number of hydrogen-bond acceptors (Lipinski definition) is 2. The Morgan fingerprint density at radius 1 is 1.20 bits per heavy atom. The minimum absolute atomic E-state index is 0.308. The molecule has 2 nitrogen and oxygen atoms in total. The number of piperazine rings is 1. The normalized spacial score (nSPS) is 27.2. The number of hydrogen-bond donors (Lipinski definition) is 1. The maximum absolute atomic E-state index is 3.76. The minimum atomic E-state index is 0.308. The first kappa shape index (κ1) is 14.1. The van der Waals surface area contributed by atoms with Gasteiger partial charge in [0.25, 0.3) is 0 Å². The van der Waals surface area contributed by atoms with Gasteiger partial charge >= 0.3 is 0 Å². The highest BCUT2D eigenvalue weighted by Gasteiger charge is 2.35. The van der Waals surface area contributed by atoms with Gasteiger partial charge in [-0.05, 0) is 44.6 Å². The summed E-state index contributed by atoms with van der Waals surface area (Å²) in [5, 5.41) is 3.76. The van der Waals surface area contributed by atoms with Gasteiger partial charge in [0, 0.05) is 31.2 Å². The van der Waals surface area contributed by atoms with E-state index in [-0.39, 0.29) is 0 Å². The highest BCUT2D eigenvalue weighted by atomic mass is 15.3. The van der Waals surface area contributed by atoms with Gasteiger partial charge in [0.05, 0.1) is 0 Å². The summed E-state index contributed by atoms with van der Waals surface area (Å²) >= 11 is 0. The second-order valence-electron chi connectivity index (χ2n) is 7.28. The van der Waals surface area contributed by atoms with E-state index < -0.39 is 0 Å². The standard InChI is InChI=1S/C18H28N2/c1-18(2)14-19-17(11-15-7-4-3-5-8-15)13-20(18)12-16-9-6-10-16/h3-5,7-8,16-17,19H,6,9-14H2,1-2H3. The van der Waals surface area contributed by atoms with Crippen LogP contribution in [0.4, 0.5) is 0 Å². The Morgan fingerprint density at radius 2 is 1.95 bits per heavy atom. The SMILES string of the molecule is CC1(C)CNC(Cc2ccccc2)CN1CC1CCC1. The zero-order valence-electron chi connectivity index (χ0n) is 12.9. The topological polar surface area (TPSA) is 15.3 Å².